The van der Waals surface area contributed by atoms with E-state index in [9.17, 15) is 0 Å². The number of terminal acetylenes is 1. The van der Waals surface area contributed by atoms with Gasteiger partial charge in [-0.15, -0.1) is 17.8 Å². The molecule has 0 fully saturated rings. The molecular formula is C12H14S. The topological polar surface area (TPSA) is 0 Å². The molecule has 0 amide bonds. The van der Waals surface area contributed by atoms with E-state index in [2.05, 4.69) is 32.1 Å². The molecule has 0 radical (unpaired) electrons. The van der Waals surface area contributed by atoms with Crippen LogP contribution in [0.5, 0.6) is 0 Å². The third kappa shape index (κ3) is 1.84. The molecule has 1 heteroatoms. The van der Waals surface area contributed by atoms with Gasteiger partial charge in [0, 0.05) is 10.1 Å². The molecule has 0 atom stereocenters. The maximum Gasteiger partial charge on any atom is 0.0457 e. The van der Waals surface area contributed by atoms with Crippen molar-refractivity contribution in [2.24, 2.45) is 0 Å². The van der Waals surface area contributed by atoms with Crippen LogP contribution in [0.15, 0.2) is 5.38 Å². The maximum atomic E-state index is 5.39. The van der Waals surface area contributed by atoms with Crippen molar-refractivity contribution in [3.05, 3.63) is 20.7 Å². The van der Waals surface area contributed by atoms with Crippen LogP contribution < -0.4 is 9.75 Å². The summed E-state index contributed by atoms with van der Waals surface area (Å²) in [6.45, 7) is 8.38. The molecule has 68 valence electrons. The first-order valence-corrected chi connectivity index (χ1v) is 5.15. The molecule has 1 rings (SSSR count). The lowest BCUT2D eigenvalue weighted by atomic mass is 10.1. The quantitative estimate of drug-likeness (QED) is 0.549. The van der Waals surface area contributed by atoms with Crippen LogP contribution in [0.3, 0.4) is 0 Å². The van der Waals surface area contributed by atoms with Gasteiger partial charge in [-0.25, -0.2) is 0 Å². The molecule has 0 aliphatic rings. The molecule has 0 spiro atoms. The SMILES string of the molecule is C#CC(C)=c1scc(C)c1=C(C)C. The molecule has 0 saturated heterocycles. The van der Waals surface area contributed by atoms with Gasteiger partial charge in [-0.3, -0.25) is 0 Å². The zero-order chi connectivity index (χ0) is 10.0. The van der Waals surface area contributed by atoms with Crippen LogP contribution in [-0.4, -0.2) is 0 Å². The highest BCUT2D eigenvalue weighted by Gasteiger charge is 1.98. The number of hydrogen-bond acceptors (Lipinski definition) is 1. The molecule has 0 bridgehead atoms. The fraction of sp³-hybridized carbons (Fsp3) is 0.333. The van der Waals surface area contributed by atoms with E-state index in [0.717, 1.165) is 5.57 Å². The smallest absolute Gasteiger partial charge is 0.0457 e. The van der Waals surface area contributed by atoms with Gasteiger partial charge in [-0.1, -0.05) is 11.5 Å². The third-order valence-electron chi connectivity index (χ3n) is 2.03. The second-order valence-corrected chi connectivity index (χ2v) is 4.27. The van der Waals surface area contributed by atoms with Crippen molar-refractivity contribution in [2.45, 2.75) is 27.7 Å². The molecule has 1 heterocycles. The van der Waals surface area contributed by atoms with Crippen LogP contribution in [0.2, 0.25) is 0 Å². The molecule has 0 aliphatic heterocycles. The van der Waals surface area contributed by atoms with E-state index in [1.807, 2.05) is 6.92 Å². The standard InChI is InChI=1S/C12H14S/c1-6-9(4)12-11(8(2)3)10(5)7-13-12/h1,7H,2-5H3. The fourth-order valence-electron chi connectivity index (χ4n) is 1.41. The van der Waals surface area contributed by atoms with Crippen LogP contribution in [0.25, 0.3) is 11.1 Å². The van der Waals surface area contributed by atoms with Crippen molar-refractivity contribution >= 4 is 22.5 Å². The van der Waals surface area contributed by atoms with Crippen LogP contribution in [-0.2, 0) is 0 Å². The van der Waals surface area contributed by atoms with Crippen molar-refractivity contribution in [1.82, 2.24) is 0 Å². The molecular weight excluding hydrogens is 176 g/mol. The van der Waals surface area contributed by atoms with E-state index >= 15 is 0 Å². The molecule has 1 aromatic heterocycles. The van der Waals surface area contributed by atoms with Gasteiger partial charge in [0.2, 0.25) is 0 Å². The highest BCUT2D eigenvalue weighted by Crippen LogP contribution is 1.98. The first-order valence-electron chi connectivity index (χ1n) is 4.27. The Labute approximate surface area is 83.6 Å². The zero-order valence-electron chi connectivity index (χ0n) is 8.56. The predicted molar refractivity (Wildman–Crippen MR) is 61.0 cm³/mol. The van der Waals surface area contributed by atoms with Gasteiger partial charge in [-0.05, 0) is 43.9 Å². The summed E-state index contributed by atoms with van der Waals surface area (Å²) >= 11 is 1.74. The van der Waals surface area contributed by atoms with Gasteiger partial charge < -0.3 is 0 Å². The summed E-state index contributed by atoms with van der Waals surface area (Å²) in [5.41, 5.74) is 3.70. The van der Waals surface area contributed by atoms with Crippen molar-refractivity contribution in [3.63, 3.8) is 0 Å². The largest absolute Gasteiger partial charge is 0.143 e. The highest BCUT2D eigenvalue weighted by atomic mass is 32.1. The van der Waals surface area contributed by atoms with E-state index in [4.69, 9.17) is 6.42 Å². The van der Waals surface area contributed by atoms with Crippen molar-refractivity contribution in [1.29, 1.82) is 0 Å². The van der Waals surface area contributed by atoms with E-state index in [-0.39, 0.29) is 0 Å². The third-order valence-corrected chi connectivity index (χ3v) is 3.25. The summed E-state index contributed by atoms with van der Waals surface area (Å²) in [5.74, 6) is 2.70. The minimum Gasteiger partial charge on any atom is -0.143 e. The van der Waals surface area contributed by atoms with E-state index in [1.54, 1.807) is 11.3 Å². The minimum absolute atomic E-state index is 1.04. The average Bonchev–Trinajstić information content (AvgIpc) is 2.45. The first kappa shape index (κ1) is 10.1. The van der Waals surface area contributed by atoms with E-state index < -0.39 is 0 Å². The average molecular weight is 190 g/mol. The Hall–Kier alpha value is -1.00. The van der Waals surface area contributed by atoms with Crippen molar-refractivity contribution in [3.8, 4) is 12.3 Å². The normalized spacial score (nSPS) is 12.2. The zero-order valence-corrected chi connectivity index (χ0v) is 9.38. The summed E-state index contributed by atoms with van der Waals surface area (Å²) in [4.78, 5) is 0. The lowest BCUT2D eigenvalue weighted by Gasteiger charge is -1.90. The number of aryl methyl sites for hydroxylation is 1. The summed E-state index contributed by atoms with van der Waals surface area (Å²) in [7, 11) is 0. The van der Waals surface area contributed by atoms with Crippen LogP contribution in [0.1, 0.15) is 26.3 Å². The van der Waals surface area contributed by atoms with Crippen molar-refractivity contribution in [2.75, 3.05) is 0 Å². The predicted octanol–water partition coefficient (Wildman–Crippen LogP) is 2.05. The van der Waals surface area contributed by atoms with Gasteiger partial charge >= 0.3 is 0 Å². The number of hydrogen-bond donors (Lipinski definition) is 0. The molecule has 13 heavy (non-hydrogen) atoms. The lowest BCUT2D eigenvalue weighted by molar-refractivity contribution is 1.40. The van der Waals surface area contributed by atoms with E-state index in [1.165, 1.54) is 20.9 Å². The highest BCUT2D eigenvalue weighted by molar-refractivity contribution is 7.08. The number of rotatable bonds is 0. The molecule has 0 saturated carbocycles. The molecule has 0 aliphatic carbocycles. The Morgan fingerprint density at radius 2 is 2.00 bits per heavy atom. The molecule has 0 N–H and O–H groups in total. The van der Waals surface area contributed by atoms with Crippen LogP contribution in [0.4, 0.5) is 0 Å². The summed E-state index contributed by atoms with van der Waals surface area (Å²) < 4.78 is 1.25. The van der Waals surface area contributed by atoms with Crippen LogP contribution in [0, 0.1) is 19.3 Å². The Morgan fingerprint density at radius 3 is 2.46 bits per heavy atom. The van der Waals surface area contributed by atoms with Gasteiger partial charge in [0.05, 0.1) is 0 Å². The van der Waals surface area contributed by atoms with Gasteiger partial charge in [0.1, 0.15) is 0 Å². The molecule has 0 aromatic carbocycles. The number of thiophene rings is 1. The maximum absolute atomic E-state index is 5.39. The molecule has 0 unspecified atom stereocenters. The monoisotopic (exact) mass is 190 g/mol. The first-order chi connectivity index (χ1) is 6.07. The summed E-state index contributed by atoms with van der Waals surface area (Å²) in [6.07, 6.45) is 5.39. The molecule has 0 nitrogen and oxygen atoms in total. The fourth-order valence-corrected chi connectivity index (χ4v) is 2.54. The Bertz CT molecular complexity index is 462. The van der Waals surface area contributed by atoms with Crippen molar-refractivity contribution < 1.29 is 0 Å². The summed E-state index contributed by atoms with van der Waals surface area (Å²) in [6, 6.07) is 0. The second-order valence-electron chi connectivity index (χ2n) is 3.39. The van der Waals surface area contributed by atoms with Gasteiger partial charge in [-0.2, -0.15) is 0 Å². The van der Waals surface area contributed by atoms with Crippen LogP contribution >= 0.6 is 11.3 Å². The lowest BCUT2D eigenvalue weighted by Crippen LogP contribution is -2.24. The Kier molecular flexibility index (Phi) is 2.95. The summed E-state index contributed by atoms with van der Waals surface area (Å²) in [5, 5.41) is 3.50. The molecule has 1 aromatic rings. The van der Waals surface area contributed by atoms with Gasteiger partial charge in [0.15, 0.2) is 0 Å². The second kappa shape index (κ2) is 3.81. The Balaban J connectivity index is 3.84. The van der Waals surface area contributed by atoms with Gasteiger partial charge in [0.25, 0.3) is 0 Å². The Morgan fingerprint density at radius 1 is 1.38 bits per heavy atom. The minimum atomic E-state index is 1.04. The van der Waals surface area contributed by atoms with E-state index in [0.29, 0.717) is 0 Å².